The van der Waals surface area contributed by atoms with Crippen LogP contribution in [-0.4, -0.2) is 57.8 Å². The molecule has 0 atom stereocenters. The first kappa shape index (κ1) is 17.1. The van der Waals surface area contributed by atoms with Crippen LogP contribution in [-0.2, 0) is 13.6 Å². The van der Waals surface area contributed by atoms with Gasteiger partial charge in [0.2, 0.25) is 0 Å². The van der Waals surface area contributed by atoms with E-state index < -0.39 is 0 Å². The predicted molar refractivity (Wildman–Crippen MR) is 102 cm³/mol. The number of nitrogens with one attached hydrogen (secondary N) is 1. The average molecular weight is 353 g/mol. The minimum absolute atomic E-state index is 0.126. The van der Waals surface area contributed by atoms with Crippen molar-refractivity contribution in [1.82, 2.24) is 24.9 Å². The Kier molecular flexibility index (Phi) is 4.93. The summed E-state index contributed by atoms with van der Waals surface area (Å²) in [6.07, 6.45) is 7.14. The van der Waals surface area contributed by atoms with Gasteiger partial charge in [0.05, 0.1) is 6.20 Å². The lowest BCUT2D eigenvalue weighted by Gasteiger charge is -2.40. The minimum atomic E-state index is 0.126. The van der Waals surface area contributed by atoms with Crippen molar-refractivity contribution < 1.29 is 4.79 Å². The van der Waals surface area contributed by atoms with Gasteiger partial charge >= 0.3 is 6.03 Å². The Balaban J connectivity index is 1.31. The van der Waals surface area contributed by atoms with E-state index in [0.29, 0.717) is 6.04 Å². The molecular weight excluding hydrogens is 326 g/mol. The van der Waals surface area contributed by atoms with E-state index in [0.717, 1.165) is 57.5 Å². The number of aryl methyl sites for hydroxylation is 1. The summed E-state index contributed by atoms with van der Waals surface area (Å²) in [5.41, 5.74) is 3.70. The summed E-state index contributed by atoms with van der Waals surface area (Å²) in [5, 5.41) is 7.20. The fourth-order valence-corrected chi connectivity index (χ4v) is 4.02. The van der Waals surface area contributed by atoms with Crippen LogP contribution in [0.1, 0.15) is 24.8 Å². The number of carbonyl (C=O) groups excluding carboxylic acids is 1. The molecule has 2 fully saturated rings. The third kappa shape index (κ3) is 3.75. The van der Waals surface area contributed by atoms with Crippen molar-refractivity contribution in [2.45, 2.75) is 31.8 Å². The number of likely N-dealkylation sites (tertiary alicyclic amines) is 1. The maximum Gasteiger partial charge on any atom is 0.317 e. The molecular formula is C20H27N5O. The number of amides is 2. The van der Waals surface area contributed by atoms with E-state index in [1.165, 1.54) is 11.1 Å². The second kappa shape index (κ2) is 7.50. The Hall–Kier alpha value is -2.34. The van der Waals surface area contributed by atoms with E-state index >= 15 is 0 Å². The number of piperidine rings is 1. The molecule has 2 saturated heterocycles. The Bertz CT molecular complexity index is 746. The molecule has 138 valence electrons. The standard InChI is InChI=1S/C20H27N5O/c1-23-15-18(13-22-23)17-5-3-16(4-6-17)14-24-11-7-19(8-12-24)25-10-2-9-21-20(25)26/h3-6,13,15,19H,2,7-12,14H2,1H3,(H,21,26). The summed E-state index contributed by atoms with van der Waals surface area (Å²) in [7, 11) is 1.94. The molecule has 4 rings (SSSR count). The van der Waals surface area contributed by atoms with Crippen molar-refractivity contribution in [2.24, 2.45) is 7.05 Å². The molecule has 6 nitrogen and oxygen atoms in total. The fourth-order valence-electron chi connectivity index (χ4n) is 4.02. The van der Waals surface area contributed by atoms with Crippen LogP contribution in [0.3, 0.4) is 0 Å². The van der Waals surface area contributed by atoms with Gasteiger partial charge in [-0.25, -0.2) is 4.79 Å². The Morgan fingerprint density at radius 1 is 1.12 bits per heavy atom. The van der Waals surface area contributed by atoms with Crippen molar-refractivity contribution in [3.05, 3.63) is 42.2 Å². The van der Waals surface area contributed by atoms with Gasteiger partial charge < -0.3 is 10.2 Å². The van der Waals surface area contributed by atoms with Crippen LogP contribution in [0.2, 0.25) is 0 Å². The van der Waals surface area contributed by atoms with E-state index in [1.54, 1.807) is 0 Å². The summed E-state index contributed by atoms with van der Waals surface area (Å²) in [4.78, 5) is 16.6. The lowest BCUT2D eigenvalue weighted by atomic mass is 10.0. The molecule has 2 amide bonds. The van der Waals surface area contributed by atoms with Gasteiger partial charge in [0.15, 0.2) is 0 Å². The van der Waals surface area contributed by atoms with Gasteiger partial charge in [-0.2, -0.15) is 5.10 Å². The number of carbonyl (C=O) groups is 1. The number of aromatic nitrogens is 2. The minimum Gasteiger partial charge on any atom is -0.338 e. The molecule has 1 N–H and O–H groups in total. The molecule has 0 unspecified atom stereocenters. The summed E-state index contributed by atoms with van der Waals surface area (Å²) < 4.78 is 1.83. The maximum absolute atomic E-state index is 12.0. The second-order valence-electron chi connectivity index (χ2n) is 7.39. The first-order chi connectivity index (χ1) is 12.7. The van der Waals surface area contributed by atoms with Crippen molar-refractivity contribution >= 4 is 6.03 Å². The molecule has 1 aromatic carbocycles. The van der Waals surface area contributed by atoms with Crippen molar-refractivity contribution in [3.63, 3.8) is 0 Å². The highest BCUT2D eigenvalue weighted by Gasteiger charge is 2.29. The van der Waals surface area contributed by atoms with E-state index in [1.807, 2.05) is 29.0 Å². The first-order valence-corrected chi connectivity index (χ1v) is 9.54. The zero-order valence-electron chi connectivity index (χ0n) is 15.4. The molecule has 26 heavy (non-hydrogen) atoms. The van der Waals surface area contributed by atoms with Crippen LogP contribution in [0.25, 0.3) is 11.1 Å². The summed E-state index contributed by atoms with van der Waals surface area (Å²) in [6, 6.07) is 9.31. The molecule has 1 aromatic heterocycles. The van der Waals surface area contributed by atoms with Gasteiger partial charge in [0.25, 0.3) is 0 Å². The lowest BCUT2D eigenvalue weighted by molar-refractivity contribution is 0.109. The van der Waals surface area contributed by atoms with Gasteiger partial charge in [-0.15, -0.1) is 0 Å². The van der Waals surface area contributed by atoms with Gasteiger partial charge in [-0.05, 0) is 30.4 Å². The van der Waals surface area contributed by atoms with Crippen LogP contribution in [0.15, 0.2) is 36.7 Å². The normalized spacial score (nSPS) is 19.6. The van der Waals surface area contributed by atoms with Crippen LogP contribution in [0.5, 0.6) is 0 Å². The second-order valence-corrected chi connectivity index (χ2v) is 7.39. The predicted octanol–water partition coefficient (Wildman–Crippen LogP) is 2.47. The monoisotopic (exact) mass is 353 g/mol. The topological polar surface area (TPSA) is 53.4 Å². The lowest BCUT2D eigenvalue weighted by Crippen LogP contribution is -2.54. The third-order valence-electron chi connectivity index (χ3n) is 5.51. The fraction of sp³-hybridized carbons (Fsp3) is 0.500. The van der Waals surface area contributed by atoms with E-state index in [-0.39, 0.29) is 6.03 Å². The Labute approximate surface area is 154 Å². The molecule has 0 aliphatic carbocycles. The van der Waals surface area contributed by atoms with Crippen molar-refractivity contribution in [1.29, 1.82) is 0 Å². The van der Waals surface area contributed by atoms with E-state index in [2.05, 4.69) is 39.6 Å². The third-order valence-corrected chi connectivity index (χ3v) is 5.51. The van der Waals surface area contributed by atoms with Gasteiger partial charge in [-0.1, -0.05) is 24.3 Å². The molecule has 2 aromatic rings. The number of hydrogen-bond donors (Lipinski definition) is 1. The smallest absolute Gasteiger partial charge is 0.317 e. The summed E-state index contributed by atoms with van der Waals surface area (Å²) >= 11 is 0. The highest BCUT2D eigenvalue weighted by molar-refractivity contribution is 5.75. The first-order valence-electron chi connectivity index (χ1n) is 9.54. The SMILES string of the molecule is Cn1cc(-c2ccc(CN3CCC(N4CCCNC4=O)CC3)cc2)cn1. The summed E-state index contributed by atoms with van der Waals surface area (Å²) in [6.45, 7) is 4.82. The molecule has 2 aliphatic rings. The molecule has 0 bridgehead atoms. The number of benzene rings is 1. The van der Waals surface area contributed by atoms with Crippen LogP contribution in [0.4, 0.5) is 4.79 Å². The van der Waals surface area contributed by atoms with E-state index in [9.17, 15) is 4.79 Å². The van der Waals surface area contributed by atoms with Crippen LogP contribution in [0, 0.1) is 0 Å². The van der Waals surface area contributed by atoms with Gasteiger partial charge in [0.1, 0.15) is 0 Å². The van der Waals surface area contributed by atoms with E-state index in [4.69, 9.17) is 0 Å². The number of hydrogen-bond acceptors (Lipinski definition) is 3. The molecule has 0 spiro atoms. The molecule has 0 saturated carbocycles. The molecule has 3 heterocycles. The summed E-state index contributed by atoms with van der Waals surface area (Å²) in [5.74, 6) is 0. The van der Waals surface area contributed by atoms with Crippen molar-refractivity contribution in [3.8, 4) is 11.1 Å². The Morgan fingerprint density at radius 2 is 1.88 bits per heavy atom. The number of urea groups is 1. The maximum atomic E-state index is 12.0. The average Bonchev–Trinajstić information content (AvgIpc) is 3.10. The van der Waals surface area contributed by atoms with Crippen molar-refractivity contribution in [2.75, 3.05) is 26.2 Å². The van der Waals surface area contributed by atoms with Crippen LogP contribution >= 0.6 is 0 Å². The Morgan fingerprint density at radius 3 is 2.54 bits per heavy atom. The quantitative estimate of drug-likeness (QED) is 0.919. The zero-order valence-corrected chi connectivity index (χ0v) is 15.4. The molecule has 2 aliphatic heterocycles. The number of nitrogens with zero attached hydrogens (tertiary/aromatic N) is 4. The molecule has 6 heteroatoms. The molecule has 0 radical (unpaired) electrons. The van der Waals surface area contributed by atoms with Gasteiger partial charge in [-0.3, -0.25) is 9.58 Å². The number of rotatable bonds is 4. The largest absolute Gasteiger partial charge is 0.338 e. The highest BCUT2D eigenvalue weighted by atomic mass is 16.2. The van der Waals surface area contributed by atoms with Gasteiger partial charge in [0, 0.05) is 57.6 Å². The highest BCUT2D eigenvalue weighted by Crippen LogP contribution is 2.22. The van der Waals surface area contributed by atoms with Crippen LogP contribution < -0.4 is 5.32 Å². The zero-order chi connectivity index (χ0) is 17.9.